The summed E-state index contributed by atoms with van der Waals surface area (Å²) in [6.07, 6.45) is 1.17. The Kier molecular flexibility index (Phi) is 6.93. The second-order valence-electron chi connectivity index (χ2n) is 7.43. The van der Waals surface area contributed by atoms with E-state index in [9.17, 15) is 28.9 Å². The van der Waals surface area contributed by atoms with Gasteiger partial charge in [-0.05, 0) is 48.0 Å². The van der Waals surface area contributed by atoms with E-state index in [1.54, 1.807) is 30.3 Å². The van der Waals surface area contributed by atoms with E-state index in [1.807, 2.05) is 0 Å². The van der Waals surface area contributed by atoms with Crippen LogP contribution < -0.4 is 20.5 Å². The summed E-state index contributed by atoms with van der Waals surface area (Å²) in [4.78, 5) is 48.2. The van der Waals surface area contributed by atoms with Gasteiger partial charge in [0.05, 0.1) is 15.6 Å². The van der Waals surface area contributed by atoms with Crippen LogP contribution in [0.2, 0.25) is 5.02 Å². The molecule has 0 spiro atoms. The van der Waals surface area contributed by atoms with E-state index < -0.39 is 40.8 Å². The Morgan fingerprint density at radius 1 is 1.14 bits per heavy atom. The fourth-order valence-corrected chi connectivity index (χ4v) is 3.62. The number of nitro benzene ring substituents is 1. The van der Waals surface area contributed by atoms with Crippen LogP contribution in [0.3, 0.4) is 0 Å². The van der Waals surface area contributed by atoms with Gasteiger partial charge in [0.2, 0.25) is 5.75 Å². The molecule has 1 fully saturated rings. The first kappa shape index (κ1) is 24.4. The van der Waals surface area contributed by atoms with Crippen molar-refractivity contribution in [3.05, 3.63) is 98.8 Å². The van der Waals surface area contributed by atoms with Crippen LogP contribution in [-0.2, 0) is 14.4 Å². The predicted molar refractivity (Wildman–Crippen MR) is 129 cm³/mol. The van der Waals surface area contributed by atoms with E-state index in [4.69, 9.17) is 16.3 Å². The van der Waals surface area contributed by atoms with E-state index >= 15 is 0 Å². The lowest BCUT2D eigenvalue weighted by Gasteiger charge is -2.13. The highest BCUT2D eigenvalue weighted by molar-refractivity contribution is 6.33. The number of carbonyl (C=O) groups excluding carboxylic acids is 3. The molecule has 0 aromatic heterocycles. The molecule has 36 heavy (non-hydrogen) atoms. The number of anilines is 2. The zero-order chi connectivity index (χ0) is 25.8. The minimum Gasteiger partial charge on any atom is -0.476 e. The average molecular weight is 511 g/mol. The topological polar surface area (TPSA) is 131 Å². The van der Waals surface area contributed by atoms with Crippen molar-refractivity contribution in [2.75, 3.05) is 16.9 Å². The van der Waals surface area contributed by atoms with Gasteiger partial charge >= 0.3 is 5.69 Å². The smallest absolute Gasteiger partial charge is 0.313 e. The maximum absolute atomic E-state index is 13.3. The van der Waals surface area contributed by atoms with Crippen LogP contribution in [-0.4, -0.2) is 29.3 Å². The molecule has 1 saturated heterocycles. The number of nitrogens with one attached hydrogen (secondary N) is 2. The third kappa shape index (κ3) is 5.31. The number of hydrazine groups is 1. The lowest BCUT2D eigenvalue weighted by atomic mass is 10.1. The third-order valence-electron chi connectivity index (χ3n) is 4.92. The Hall–Kier alpha value is -4.77. The molecule has 3 amide bonds. The predicted octanol–water partition coefficient (Wildman–Crippen LogP) is 3.87. The van der Waals surface area contributed by atoms with Gasteiger partial charge in [-0.1, -0.05) is 35.9 Å². The average Bonchev–Trinajstić information content (AvgIpc) is 3.12. The molecule has 3 aromatic carbocycles. The van der Waals surface area contributed by atoms with Crippen molar-refractivity contribution >= 4 is 52.5 Å². The Labute approximate surface area is 208 Å². The van der Waals surface area contributed by atoms with Crippen LogP contribution in [0.5, 0.6) is 5.75 Å². The number of nitrogens with zero attached hydrogens (tertiary/aromatic N) is 2. The van der Waals surface area contributed by atoms with Gasteiger partial charge in [-0.2, -0.15) is 0 Å². The summed E-state index contributed by atoms with van der Waals surface area (Å²) in [5, 5.41) is 14.9. The summed E-state index contributed by atoms with van der Waals surface area (Å²) in [6.45, 7) is -0.648. The van der Waals surface area contributed by atoms with Gasteiger partial charge in [0.15, 0.2) is 6.61 Å². The van der Waals surface area contributed by atoms with Gasteiger partial charge in [-0.15, -0.1) is 0 Å². The van der Waals surface area contributed by atoms with Crippen LogP contribution in [0, 0.1) is 15.9 Å². The number of amides is 3. The summed E-state index contributed by atoms with van der Waals surface area (Å²) in [5.41, 5.74) is 2.29. The second kappa shape index (κ2) is 10.2. The van der Waals surface area contributed by atoms with Gasteiger partial charge < -0.3 is 10.1 Å². The van der Waals surface area contributed by atoms with Crippen molar-refractivity contribution in [2.45, 2.75) is 0 Å². The molecule has 4 rings (SSSR count). The second-order valence-corrected chi connectivity index (χ2v) is 7.84. The van der Waals surface area contributed by atoms with Crippen molar-refractivity contribution in [3.8, 4) is 5.75 Å². The van der Waals surface area contributed by atoms with Crippen molar-refractivity contribution in [2.24, 2.45) is 0 Å². The van der Waals surface area contributed by atoms with Crippen molar-refractivity contribution in [1.29, 1.82) is 0 Å². The Morgan fingerprint density at radius 3 is 2.58 bits per heavy atom. The van der Waals surface area contributed by atoms with E-state index in [0.717, 1.165) is 17.1 Å². The van der Waals surface area contributed by atoms with Crippen molar-refractivity contribution in [1.82, 2.24) is 5.43 Å². The number of carbonyl (C=O) groups is 3. The Balaban J connectivity index is 1.55. The van der Waals surface area contributed by atoms with E-state index in [2.05, 4.69) is 10.7 Å². The first-order valence-corrected chi connectivity index (χ1v) is 10.7. The highest BCUT2D eigenvalue weighted by Gasteiger charge is 2.34. The lowest BCUT2D eigenvalue weighted by molar-refractivity contribution is -0.385. The molecular formula is C24H16ClFN4O6. The fraction of sp³-hybridized carbons (Fsp3) is 0.0417. The molecule has 2 N–H and O–H groups in total. The van der Waals surface area contributed by atoms with Gasteiger partial charge in [-0.3, -0.25) is 29.9 Å². The van der Waals surface area contributed by atoms with Crippen LogP contribution in [0.25, 0.3) is 6.08 Å². The Morgan fingerprint density at radius 2 is 1.89 bits per heavy atom. The quantitative estimate of drug-likeness (QED) is 0.215. The molecule has 0 unspecified atom stereocenters. The van der Waals surface area contributed by atoms with Crippen LogP contribution >= 0.6 is 11.6 Å². The van der Waals surface area contributed by atoms with Crippen molar-refractivity contribution < 1.29 is 28.4 Å². The minimum absolute atomic E-state index is 0.0941. The molecule has 0 atom stereocenters. The molecule has 1 heterocycles. The molecule has 1 aliphatic heterocycles. The maximum Gasteiger partial charge on any atom is 0.313 e. The van der Waals surface area contributed by atoms with Gasteiger partial charge in [-0.25, -0.2) is 9.40 Å². The molecule has 1 aliphatic rings. The SMILES string of the molecule is O=C(COc1c(Cl)cc(/C=C2/C(=O)NN(c3ccccc3)C2=O)cc1[N+](=O)[O-])Nc1cccc(F)c1. The molecule has 0 saturated carbocycles. The number of ether oxygens (including phenoxy) is 1. The summed E-state index contributed by atoms with van der Waals surface area (Å²) in [5.74, 6) is -2.99. The number of halogens is 2. The molecule has 0 radical (unpaired) electrons. The van der Waals surface area contributed by atoms with E-state index in [-0.39, 0.29) is 27.6 Å². The molecule has 182 valence electrons. The zero-order valence-electron chi connectivity index (χ0n) is 18.2. The van der Waals surface area contributed by atoms with Gasteiger partial charge in [0, 0.05) is 11.8 Å². The normalized spacial score (nSPS) is 14.1. The van der Waals surface area contributed by atoms with Crippen LogP contribution in [0.1, 0.15) is 5.56 Å². The minimum atomic E-state index is -0.777. The van der Waals surface area contributed by atoms with Crippen molar-refractivity contribution in [3.63, 3.8) is 0 Å². The number of hydrogen-bond donors (Lipinski definition) is 2. The number of para-hydroxylation sites is 1. The van der Waals surface area contributed by atoms with Crippen LogP contribution in [0.4, 0.5) is 21.5 Å². The maximum atomic E-state index is 13.3. The number of benzene rings is 3. The molecule has 3 aromatic rings. The van der Waals surface area contributed by atoms with E-state index in [0.29, 0.717) is 5.69 Å². The molecule has 0 aliphatic carbocycles. The first-order valence-electron chi connectivity index (χ1n) is 10.3. The standard InChI is InChI=1S/C24H16ClFN4O6/c25-19-10-14(9-18-23(32)28-29(24(18)33)17-7-2-1-3-8-17)11-20(30(34)35)22(19)36-13-21(31)27-16-6-4-5-15(26)12-16/h1-12H,13H2,(H,27,31)(H,28,32)/b18-9-. The number of nitro groups is 1. The number of hydrogen-bond acceptors (Lipinski definition) is 6. The molecule has 12 heteroatoms. The summed E-state index contributed by atoms with van der Waals surface area (Å²) in [6, 6.07) is 15.8. The van der Waals surface area contributed by atoms with E-state index in [1.165, 1.54) is 30.3 Å². The summed E-state index contributed by atoms with van der Waals surface area (Å²) < 4.78 is 18.6. The fourth-order valence-electron chi connectivity index (χ4n) is 3.35. The molecule has 0 bridgehead atoms. The summed E-state index contributed by atoms with van der Waals surface area (Å²) >= 11 is 6.19. The highest BCUT2D eigenvalue weighted by Crippen LogP contribution is 2.37. The zero-order valence-corrected chi connectivity index (χ0v) is 19.0. The lowest BCUT2D eigenvalue weighted by Crippen LogP contribution is -2.35. The van der Waals surface area contributed by atoms with Gasteiger partial charge in [0.1, 0.15) is 11.4 Å². The third-order valence-corrected chi connectivity index (χ3v) is 5.20. The first-order chi connectivity index (χ1) is 17.2. The Bertz CT molecular complexity index is 1410. The number of rotatable bonds is 7. The molecule has 10 nitrogen and oxygen atoms in total. The van der Waals surface area contributed by atoms with Gasteiger partial charge in [0.25, 0.3) is 17.7 Å². The monoisotopic (exact) mass is 510 g/mol. The molecular weight excluding hydrogens is 495 g/mol. The van der Waals surface area contributed by atoms with Crippen LogP contribution in [0.15, 0.2) is 72.3 Å². The highest BCUT2D eigenvalue weighted by atomic mass is 35.5. The summed E-state index contributed by atoms with van der Waals surface area (Å²) in [7, 11) is 0. The largest absolute Gasteiger partial charge is 0.476 e.